The van der Waals surface area contributed by atoms with Gasteiger partial charge in [0.1, 0.15) is 22.2 Å². The molecule has 0 fully saturated rings. The van der Waals surface area contributed by atoms with Gasteiger partial charge in [-0.25, -0.2) is 9.82 Å². The second kappa shape index (κ2) is 5.90. The Labute approximate surface area is 134 Å². The molecule has 112 valence electrons. The molecule has 2 heterocycles. The zero-order chi connectivity index (χ0) is 15.7. The molecule has 22 heavy (non-hydrogen) atoms. The maximum Gasteiger partial charge on any atom is 0.283 e. The highest BCUT2D eigenvalue weighted by molar-refractivity contribution is 7.21. The minimum Gasteiger partial charge on any atom is -0.460 e. The van der Waals surface area contributed by atoms with Crippen LogP contribution in [0, 0.1) is 12.7 Å². The van der Waals surface area contributed by atoms with Crippen LogP contribution in [-0.4, -0.2) is 12.1 Å². The van der Waals surface area contributed by atoms with Crippen LogP contribution in [0.5, 0.6) is 0 Å². The van der Waals surface area contributed by atoms with Crippen molar-refractivity contribution in [1.82, 2.24) is 5.43 Å². The molecule has 1 amide bonds. The van der Waals surface area contributed by atoms with E-state index in [0.29, 0.717) is 20.9 Å². The molecule has 1 N–H and O–H groups in total. The molecule has 0 aliphatic carbocycles. The molecule has 7 heteroatoms. The Morgan fingerprint density at radius 3 is 2.95 bits per heavy atom. The third kappa shape index (κ3) is 2.88. The average Bonchev–Trinajstić information content (AvgIpc) is 3.03. The van der Waals surface area contributed by atoms with Gasteiger partial charge in [-0.3, -0.25) is 4.79 Å². The lowest BCUT2D eigenvalue weighted by Gasteiger charge is -1.96. The zero-order valence-electron chi connectivity index (χ0n) is 11.4. The highest BCUT2D eigenvalue weighted by Crippen LogP contribution is 2.35. The summed E-state index contributed by atoms with van der Waals surface area (Å²) in [6, 6.07) is 7.73. The van der Waals surface area contributed by atoms with Crippen molar-refractivity contribution >= 4 is 45.1 Å². The van der Waals surface area contributed by atoms with E-state index in [4.69, 9.17) is 16.0 Å². The number of furan rings is 1. The number of halogens is 2. The molecule has 4 nitrogen and oxygen atoms in total. The molecule has 0 radical (unpaired) electrons. The lowest BCUT2D eigenvalue weighted by Crippen LogP contribution is -2.16. The molecule has 3 aromatic rings. The van der Waals surface area contributed by atoms with E-state index in [1.54, 1.807) is 18.2 Å². The van der Waals surface area contributed by atoms with Gasteiger partial charge >= 0.3 is 0 Å². The SMILES string of the molecule is Cc1ccc(/C=N/NC(=O)c2sc3cc(F)ccc3c2Cl)o1. The predicted molar refractivity (Wildman–Crippen MR) is 85.3 cm³/mol. The van der Waals surface area contributed by atoms with Crippen LogP contribution >= 0.6 is 22.9 Å². The van der Waals surface area contributed by atoms with Gasteiger partial charge in [-0.15, -0.1) is 11.3 Å². The van der Waals surface area contributed by atoms with Gasteiger partial charge in [0.05, 0.1) is 11.2 Å². The Bertz CT molecular complexity index is 885. The first-order valence-electron chi connectivity index (χ1n) is 6.32. The summed E-state index contributed by atoms with van der Waals surface area (Å²) in [5.41, 5.74) is 2.38. The summed E-state index contributed by atoms with van der Waals surface area (Å²) >= 11 is 7.28. The van der Waals surface area contributed by atoms with Crippen molar-refractivity contribution in [1.29, 1.82) is 0 Å². The Morgan fingerprint density at radius 2 is 2.23 bits per heavy atom. The number of rotatable bonds is 3. The van der Waals surface area contributed by atoms with Crippen LogP contribution in [0.4, 0.5) is 4.39 Å². The van der Waals surface area contributed by atoms with E-state index >= 15 is 0 Å². The van der Waals surface area contributed by atoms with E-state index in [-0.39, 0.29) is 10.7 Å². The van der Waals surface area contributed by atoms with Crippen LogP contribution in [0.3, 0.4) is 0 Å². The smallest absolute Gasteiger partial charge is 0.283 e. The lowest BCUT2D eigenvalue weighted by molar-refractivity contribution is 0.0959. The number of hydrogen-bond donors (Lipinski definition) is 1. The number of amides is 1. The molecule has 0 atom stereocenters. The van der Waals surface area contributed by atoms with Crippen molar-refractivity contribution < 1.29 is 13.6 Å². The highest BCUT2D eigenvalue weighted by Gasteiger charge is 2.17. The van der Waals surface area contributed by atoms with E-state index in [1.807, 2.05) is 6.92 Å². The number of fused-ring (bicyclic) bond motifs is 1. The van der Waals surface area contributed by atoms with Gasteiger partial charge in [0.25, 0.3) is 5.91 Å². The number of thiophene rings is 1. The summed E-state index contributed by atoms with van der Waals surface area (Å²) in [5.74, 6) is 0.458. The van der Waals surface area contributed by atoms with Crippen molar-refractivity contribution in [2.24, 2.45) is 5.10 Å². The maximum absolute atomic E-state index is 13.2. The Balaban J connectivity index is 1.80. The first-order chi connectivity index (χ1) is 10.5. The summed E-state index contributed by atoms with van der Waals surface area (Å²) in [6.07, 6.45) is 1.39. The molecule has 0 spiro atoms. The van der Waals surface area contributed by atoms with Gasteiger partial charge in [-0.2, -0.15) is 5.10 Å². The second-order valence-electron chi connectivity index (χ2n) is 4.53. The molecule has 2 aromatic heterocycles. The molecule has 0 aliphatic heterocycles. The summed E-state index contributed by atoms with van der Waals surface area (Å²) in [7, 11) is 0. The zero-order valence-corrected chi connectivity index (χ0v) is 13.0. The highest BCUT2D eigenvalue weighted by atomic mass is 35.5. The lowest BCUT2D eigenvalue weighted by atomic mass is 10.2. The fraction of sp³-hybridized carbons (Fsp3) is 0.0667. The fourth-order valence-corrected chi connectivity index (χ4v) is 3.34. The number of aryl methyl sites for hydroxylation is 1. The van der Waals surface area contributed by atoms with Crippen LogP contribution in [0.1, 0.15) is 21.2 Å². The van der Waals surface area contributed by atoms with E-state index in [0.717, 1.165) is 17.1 Å². The summed E-state index contributed by atoms with van der Waals surface area (Å²) < 4.78 is 19.1. The predicted octanol–water partition coefficient (Wildman–Crippen LogP) is 4.36. The Kier molecular flexibility index (Phi) is 3.96. The molecule has 0 aliphatic rings. The van der Waals surface area contributed by atoms with E-state index in [2.05, 4.69) is 10.5 Å². The van der Waals surface area contributed by atoms with Crippen molar-refractivity contribution in [3.8, 4) is 0 Å². The average molecular weight is 337 g/mol. The van der Waals surface area contributed by atoms with Crippen LogP contribution in [0.25, 0.3) is 10.1 Å². The first-order valence-corrected chi connectivity index (χ1v) is 7.51. The fourth-order valence-electron chi connectivity index (χ4n) is 1.91. The Morgan fingerprint density at radius 1 is 1.41 bits per heavy atom. The number of nitrogens with zero attached hydrogens (tertiary/aromatic N) is 1. The van der Waals surface area contributed by atoms with E-state index in [9.17, 15) is 9.18 Å². The number of carbonyl (C=O) groups excluding carboxylic acids is 1. The van der Waals surface area contributed by atoms with Gasteiger partial charge in [-0.05, 0) is 37.3 Å². The van der Waals surface area contributed by atoms with Gasteiger partial charge in [0.2, 0.25) is 0 Å². The topological polar surface area (TPSA) is 54.6 Å². The summed E-state index contributed by atoms with van der Waals surface area (Å²) in [4.78, 5) is 12.4. The van der Waals surface area contributed by atoms with Gasteiger partial charge < -0.3 is 4.42 Å². The van der Waals surface area contributed by atoms with Crippen LogP contribution in [0.15, 0.2) is 39.9 Å². The van der Waals surface area contributed by atoms with E-state index in [1.165, 1.54) is 18.3 Å². The molecule has 0 saturated heterocycles. The number of carbonyl (C=O) groups is 1. The second-order valence-corrected chi connectivity index (χ2v) is 5.96. The monoisotopic (exact) mass is 336 g/mol. The van der Waals surface area contributed by atoms with E-state index < -0.39 is 5.91 Å². The van der Waals surface area contributed by atoms with Crippen LogP contribution in [-0.2, 0) is 0 Å². The minimum absolute atomic E-state index is 0.287. The van der Waals surface area contributed by atoms with Crippen molar-refractivity contribution in [3.63, 3.8) is 0 Å². The van der Waals surface area contributed by atoms with Crippen LogP contribution < -0.4 is 5.43 Å². The number of hydrogen-bond acceptors (Lipinski definition) is 4. The van der Waals surface area contributed by atoms with Gasteiger partial charge in [-0.1, -0.05) is 11.6 Å². The molecular formula is C15H10ClFN2O2S. The number of benzene rings is 1. The quantitative estimate of drug-likeness (QED) is 0.570. The third-order valence-electron chi connectivity index (χ3n) is 2.92. The Hall–Kier alpha value is -2.18. The molecule has 3 rings (SSSR count). The maximum atomic E-state index is 13.2. The van der Waals surface area contributed by atoms with Crippen molar-refractivity contribution in [2.75, 3.05) is 0 Å². The molecule has 0 bridgehead atoms. The minimum atomic E-state index is -0.453. The standard InChI is InChI=1S/C15H10ClFN2O2S/c1-8-2-4-10(21-8)7-18-19-15(20)14-13(16)11-5-3-9(17)6-12(11)22-14/h2-7H,1H3,(H,19,20)/b18-7+. The van der Waals surface area contributed by atoms with Crippen LogP contribution in [0.2, 0.25) is 5.02 Å². The molecule has 1 aromatic carbocycles. The van der Waals surface area contributed by atoms with Crippen molar-refractivity contribution in [2.45, 2.75) is 6.92 Å². The van der Waals surface area contributed by atoms with Gasteiger partial charge in [0, 0.05) is 10.1 Å². The normalized spacial score (nSPS) is 11.4. The summed E-state index contributed by atoms with van der Waals surface area (Å²) in [6.45, 7) is 1.81. The third-order valence-corrected chi connectivity index (χ3v) is 4.57. The number of hydrazone groups is 1. The molecule has 0 unspecified atom stereocenters. The van der Waals surface area contributed by atoms with Crippen molar-refractivity contribution in [3.05, 3.63) is 57.6 Å². The van der Waals surface area contributed by atoms with Gasteiger partial charge in [0.15, 0.2) is 0 Å². The summed E-state index contributed by atoms with van der Waals surface area (Å²) in [5, 5.41) is 4.75. The number of nitrogens with one attached hydrogen (secondary N) is 1. The molecule has 0 saturated carbocycles. The largest absolute Gasteiger partial charge is 0.460 e. The first kappa shape index (κ1) is 14.7. The molecular weight excluding hydrogens is 327 g/mol.